The van der Waals surface area contributed by atoms with Crippen molar-refractivity contribution in [2.75, 3.05) is 0 Å². The number of fused-ring (bicyclic) bond motifs is 2. The van der Waals surface area contributed by atoms with Crippen LogP contribution in [-0.4, -0.2) is 49.8 Å². The summed E-state index contributed by atoms with van der Waals surface area (Å²) in [6.45, 7) is 3.62. The molecule has 2 unspecified atom stereocenters. The molecule has 2 aromatic rings. The van der Waals surface area contributed by atoms with Crippen LogP contribution in [0.15, 0.2) is 35.3 Å². The van der Waals surface area contributed by atoms with Crippen molar-refractivity contribution < 1.29 is 0 Å². The maximum Gasteiger partial charge on any atom is 0.192 e. The highest BCUT2D eigenvalue weighted by Crippen LogP contribution is 2.36. The number of hydrogen-bond donors (Lipinski definition) is 2. The number of aromatic nitrogens is 3. The van der Waals surface area contributed by atoms with E-state index in [0.717, 1.165) is 24.2 Å². The number of rotatable bonds is 6. The normalized spacial score (nSPS) is 26.5. The molecule has 33 heavy (non-hydrogen) atoms. The standard InChI is InChI=1S/C26H39N7/c1-19-30-31-25(32(19)2)17-27-26(28-21-11-7-4-8-12-21)29-22-15-23-13-14-24(16-22)33(23)18-20-9-5-3-6-10-20/h3,5-6,9-10,21-24H,4,7-8,11-18H2,1-2H3,(H2,27,28,29). The predicted molar refractivity (Wildman–Crippen MR) is 132 cm³/mol. The van der Waals surface area contributed by atoms with Gasteiger partial charge < -0.3 is 15.2 Å². The Balaban J connectivity index is 1.24. The molecule has 2 bridgehead atoms. The van der Waals surface area contributed by atoms with Gasteiger partial charge in [-0.1, -0.05) is 49.6 Å². The van der Waals surface area contributed by atoms with E-state index in [0.29, 0.717) is 30.7 Å². The minimum Gasteiger partial charge on any atom is -0.354 e. The number of piperidine rings is 1. The summed E-state index contributed by atoms with van der Waals surface area (Å²) in [7, 11) is 2.02. The second-order valence-corrected chi connectivity index (χ2v) is 10.2. The van der Waals surface area contributed by atoms with Crippen molar-refractivity contribution in [1.29, 1.82) is 0 Å². The molecule has 178 valence electrons. The van der Waals surface area contributed by atoms with Crippen molar-refractivity contribution in [2.24, 2.45) is 12.0 Å². The monoisotopic (exact) mass is 449 g/mol. The molecule has 2 atom stereocenters. The molecule has 3 aliphatic rings. The molecule has 3 fully saturated rings. The summed E-state index contributed by atoms with van der Waals surface area (Å²) in [5.74, 6) is 2.80. The first-order valence-electron chi connectivity index (χ1n) is 12.9. The molecule has 1 saturated carbocycles. The summed E-state index contributed by atoms with van der Waals surface area (Å²) in [5, 5.41) is 16.1. The van der Waals surface area contributed by atoms with Gasteiger partial charge in [-0.05, 0) is 51.0 Å². The Labute approximate surface area is 198 Å². The zero-order valence-corrected chi connectivity index (χ0v) is 20.2. The van der Waals surface area contributed by atoms with Crippen molar-refractivity contribution in [3.63, 3.8) is 0 Å². The lowest BCUT2D eigenvalue weighted by Crippen LogP contribution is -2.54. The Morgan fingerprint density at radius 2 is 1.64 bits per heavy atom. The van der Waals surface area contributed by atoms with Gasteiger partial charge in [0.1, 0.15) is 12.4 Å². The van der Waals surface area contributed by atoms with Gasteiger partial charge in [0.25, 0.3) is 0 Å². The van der Waals surface area contributed by atoms with Crippen molar-refractivity contribution in [3.8, 4) is 0 Å². The molecule has 2 saturated heterocycles. The van der Waals surface area contributed by atoms with E-state index in [9.17, 15) is 0 Å². The minimum atomic E-state index is 0.477. The SMILES string of the molecule is Cc1nnc(CN=C(NC2CCCCC2)NC2CC3CCC(C2)N3Cc2ccccc2)n1C. The Bertz CT molecular complexity index is 917. The van der Waals surface area contributed by atoms with E-state index in [-0.39, 0.29) is 0 Å². The third-order valence-corrected chi connectivity index (χ3v) is 7.94. The number of aryl methyl sites for hydroxylation is 1. The molecule has 7 heteroatoms. The van der Waals surface area contributed by atoms with Crippen LogP contribution in [0.1, 0.15) is 75.0 Å². The molecule has 5 rings (SSSR count). The lowest BCUT2D eigenvalue weighted by Gasteiger charge is -2.40. The number of hydrogen-bond acceptors (Lipinski definition) is 4. The van der Waals surface area contributed by atoms with Crippen molar-refractivity contribution in [2.45, 2.75) is 102 Å². The number of guanidine groups is 1. The van der Waals surface area contributed by atoms with Crippen molar-refractivity contribution in [1.82, 2.24) is 30.3 Å². The lowest BCUT2D eigenvalue weighted by molar-refractivity contribution is 0.114. The first-order valence-corrected chi connectivity index (χ1v) is 12.9. The molecule has 2 N–H and O–H groups in total. The van der Waals surface area contributed by atoms with Crippen molar-refractivity contribution in [3.05, 3.63) is 47.5 Å². The Morgan fingerprint density at radius 1 is 0.939 bits per heavy atom. The van der Waals surface area contributed by atoms with Gasteiger partial charge in [-0.15, -0.1) is 10.2 Å². The molecular weight excluding hydrogens is 410 g/mol. The summed E-state index contributed by atoms with van der Waals surface area (Å²) in [4.78, 5) is 7.72. The van der Waals surface area contributed by atoms with Crippen LogP contribution in [0.5, 0.6) is 0 Å². The molecule has 1 aromatic heterocycles. The summed E-state index contributed by atoms with van der Waals surface area (Å²) < 4.78 is 2.03. The number of nitrogens with one attached hydrogen (secondary N) is 2. The summed E-state index contributed by atoms with van der Waals surface area (Å²) in [6.07, 6.45) is 11.5. The van der Waals surface area contributed by atoms with Crippen LogP contribution in [0.2, 0.25) is 0 Å². The summed E-state index contributed by atoms with van der Waals surface area (Å²) in [5.41, 5.74) is 1.43. The molecule has 0 spiro atoms. The number of aliphatic imine (C=N–C) groups is 1. The predicted octanol–water partition coefficient (Wildman–Crippen LogP) is 3.69. The molecule has 1 aromatic carbocycles. The van der Waals surface area contributed by atoms with E-state index >= 15 is 0 Å². The van der Waals surface area contributed by atoms with Gasteiger partial charge in [-0.2, -0.15) is 0 Å². The van der Waals surface area contributed by atoms with Crippen LogP contribution >= 0.6 is 0 Å². The van der Waals surface area contributed by atoms with E-state index in [4.69, 9.17) is 4.99 Å². The molecule has 3 heterocycles. The zero-order chi connectivity index (χ0) is 22.6. The highest BCUT2D eigenvalue weighted by Gasteiger charge is 2.40. The Kier molecular flexibility index (Phi) is 6.95. The number of benzene rings is 1. The van der Waals surface area contributed by atoms with Crippen LogP contribution in [0.3, 0.4) is 0 Å². The second kappa shape index (κ2) is 10.2. The quantitative estimate of drug-likeness (QED) is 0.520. The zero-order valence-electron chi connectivity index (χ0n) is 20.2. The van der Waals surface area contributed by atoms with Gasteiger partial charge >= 0.3 is 0 Å². The highest BCUT2D eigenvalue weighted by atomic mass is 15.3. The van der Waals surface area contributed by atoms with E-state index in [1.165, 1.54) is 63.4 Å². The molecule has 0 amide bonds. The summed E-state index contributed by atoms with van der Waals surface area (Å²) >= 11 is 0. The summed E-state index contributed by atoms with van der Waals surface area (Å²) in [6, 6.07) is 13.3. The smallest absolute Gasteiger partial charge is 0.192 e. The third kappa shape index (κ3) is 5.40. The van der Waals surface area contributed by atoms with E-state index in [1.807, 2.05) is 18.5 Å². The largest absolute Gasteiger partial charge is 0.354 e. The average Bonchev–Trinajstić information content (AvgIpc) is 3.27. The van der Waals surface area contributed by atoms with E-state index in [1.54, 1.807) is 0 Å². The molecule has 2 aliphatic heterocycles. The maximum absolute atomic E-state index is 4.97. The first-order chi connectivity index (χ1) is 16.2. The average molecular weight is 450 g/mol. The van der Waals surface area contributed by atoms with Gasteiger partial charge in [-0.3, -0.25) is 4.90 Å². The van der Waals surface area contributed by atoms with Crippen LogP contribution in [0.4, 0.5) is 0 Å². The van der Waals surface area contributed by atoms with Crippen LogP contribution in [0, 0.1) is 6.92 Å². The first kappa shape index (κ1) is 22.4. The van der Waals surface area contributed by atoms with E-state index < -0.39 is 0 Å². The Hall–Kier alpha value is -2.41. The van der Waals surface area contributed by atoms with Crippen molar-refractivity contribution >= 4 is 5.96 Å². The van der Waals surface area contributed by atoms with Crippen LogP contribution < -0.4 is 10.6 Å². The molecule has 7 nitrogen and oxygen atoms in total. The topological polar surface area (TPSA) is 70.4 Å². The van der Waals surface area contributed by atoms with Gasteiger partial charge in [-0.25, -0.2) is 4.99 Å². The van der Waals surface area contributed by atoms with Gasteiger partial charge in [0.15, 0.2) is 11.8 Å². The fourth-order valence-corrected chi connectivity index (χ4v) is 5.95. The molecule has 0 radical (unpaired) electrons. The fourth-order valence-electron chi connectivity index (χ4n) is 5.95. The van der Waals surface area contributed by atoms with Gasteiger partial charge in [0, 0.05) is 37.8 Å². The minimum absolute atomic E-state index is 0.477. The second-order valence-electron chi connectivity index (χ2n) is 10.2. The Morgan fingerprint density at radius 3 is 2.30 bits per heavy atom. The maximum atomic E-state index is 4.97. The fraction of sp³-hybridized carbons (Fsp3) is 0.654. The number of nitrogens with zero attached hydrogens (tertiary/aromatic N) is 5. The van der Waals surface area contributed by atoms with Crippen LogP contribution in [-0.2, 0) is 20.1 Å². The molecular formula is C26H39N7. The van der Waals surface area contributed by atoms with Gasteiger partial charge in [0.05, 0.1) is 0 Å². The highest BCUT2D eigenvalue weighted by molar-refractivity contribution is 5.80. The van der Waals surface area contributed by atoms with Gasteiger partial charge in [0.2, 0.25) is 0 Å². The third-order valence-electron chi connectivity index (χ3n) is 7.94. The van der Waals surface area contributed by atoms with E-state index in [2.05, 4.69) is 56.1 Å². The van der Waals surface area contributed by atoms with Crippen LogP contribution in [0.25, 0.3) is 0 Å². The molecule has 1 aliphatic carbocycles. The lowest BCUT2D eigenvalue weighted by atomic mass is 9.95.